The molecule has 0 fully saturated rings. The monoisotopic (exact) mass is 505 g/mol. The van der Waals surface area contributed by atoms with Crippen LogP contribution < -0.4 is 10.1 Å². The smallest absolute Gasteiger partial charge is 0.407 e. The zero-order valence-electron chi connectivity index (χ0n) is 18.8. The number of carbonyl (C=O) groups is 2. The second kappa shape index (κ2) is 12.3. The maximum Gasteiger partial charge on any atom is 0.407 e. The number of tetrazole rings is 1. The highest BCUT2D eigenvalue weighted by atomic mass is 35.5. The van der Waals surface area contributed by atoms with Gasteiger partial charge in [0.25, 0.3) is 0 Å². The number of Topliss-reactive ketones (excluding diaryl/α,β-unsaturated/α-hetero) is 1. The molecule has 1 heterocycles. The summed E-state index contributed by atoms with van der Waals surface area (Å²) in [5.41, 5.74) is 1.67. The molecule has 34 heavy (non-hydrogen) atoms. The number of alkyl carbamates (subject to hydrolysis) is 1. The second-order valence-electron chi connectivity index (χ2n) is 7.44. The van der Waals surface area contributed by atoms with E-state index in [1.807, 2.05) is 24.3 Å². The van der Waals surface area contributed by atoms with Crippen molar-refractivity contribution in [3.05, 3.63) is 69.5 Å². The number of halogens is 2. The SMILES string of the molecule is CCC(NC(=O)OCCc1ccc(OC)cc1)C(=O)Cn1nnnc1Cc1c(Cl)cccc1Cl. The lowest BCUT2D eigenvalue weighted by Crippen LogP contribution is -2.42. The molecule has 1 aromatic heterocycles. The minimum Gasteiger partial charge on any atom is -0.497 e. The van der Waals surface area contributed by atoms with Gasteiger partial charge >= 0.3 is 6.09 Å². The molecule has 1 N–H and O–H groups in total. The average Bonchev–Trinajstić information content (AvgIpc) is 3.26. The van der Waals surface area contributed by atoms with Crippen LogP contribution in [0.5, 0.6) is 5.75 Å². The lowest BCUT2D eigenvalue weighted by Gasteiger charge is -2.16. The quantitative estimate of drug-likeness (QED) is 0.420. The van der Waals surface area contributed by atoms with Crippen molar-refractivity contribution in [2.75, 3.05) is 13.7 Å². The number of methoxy groups -OCH3 is 1. The lowest BCUT2D eigenvalue weighted by atomic mass is 10.1. The number of aromatic nitrogens is 4. The summed E-state index contributed by atoms with van der Waals surface area (Å²) in [6.07, 6.45) is 0.533. The van der Waals surface area contributed by atoms with E-state index in [2.05, 4.69) is 20.8 Å². The fourth-order valence-corrected chi connectivity index (χ4v) is 3.77. The first-order valence-corrected chi connectivity index (χ1v) is 11.4. The molecule has 0 saturated heterocycles. The van der Waals surface area contributed by atoms with E-state index in [0.29, 0.717) is 34.3 Å². The lowest BCUT2D eigenvalue weighted by molar-refractivity contribution is -0.121. The summed E-state index contributed by atoms with van der Waals surface area (Å²) in [5.74, 6) is 0.932. The number of benzene rings is 2. The molecular weight excluding hydrogens is 481 g/mol. The number of nitrogens with zero attached hydrogens (tertiary/aromatic N) is 4. The van der Waals surface area contributed by atoms with Gasteiger partial charge in [-0.2, -0.15) is 0 Å². The van der Waals surface area contributed by atoms with E-state index in [-0.39, 0.29) is 25.4 Å². The Kier molecular flexibility index (Phi) is 9.24. The van der Waals surface area contributed by atoms with Crippen molar-refractivity contribution < 1.29 is 19.1 Å². The summed E-state index contributed by atoms with van der Waals surface area (Å²) in [6.45, 7) is 1.86. The van der Waals surface area contributed by atoms with Gasteiger partial charge in [0.15, 0.2) is 11.6 Å². The standard InChI is InChI=1S/C23H25Cl2N5O4/c1-3-20(26-23(32)34-12-11-15-7-9-16(33-2)10-8-15)21(31)14-30-22(27-28-29-30)13-17-18(24)5-4-6-19(17)25/h4-10,20H,3,11-14H2,1-2H3,(H,26,32). The van der Waals surface area contributed by atoms with Crippen LogP contribution in [0.25, 0.3) is 0 Å². The number of ether oxygens (including phenoxy) is 2. The molecule has 0 aliphatic heterocycles. The van der Waals surface area contributed by atoms with Crippen molar-refractivity contribution >= 4 is 35.1 Å². The van der Waals surface area contributed by atoms with Gasteiger partial charge in [-0.15, -0.1) is 5.10 Å². The van der Waals surface area contributed by atoms with Gasteiger partial charge in [0, 0.05) is 22.9 Å². The Bertz CT molecular complexity index is 1100. The van der Waals surface area contributed by atoms with Crippen molar-refractivity contribution in [1.82, 2.24) is 25.5 Å². The second-order valence-corrected chi connectivity index (χ2v) is 8.25. The van der Waals surface area contributed by atoms with Gasteiger partial charge in [-0.05, 0) is 52.2 Å². The minimum atomic E-state index is -0.741. The number of rotatable bonds is 11. The van der Waals surface area contributed by atoms with Crippen molar-refractivity contribution in [3.8, 4) is 5.75 Å². The summed E-state index contributed by atoms with van der Waals surface area (Å²) in [5, 5.41) is 15.1. The van der Waals surface area contributed by atoms with E-state index < -0.39 is 12.1 Å². The van der Waals surface area contributed by atoms with Crippen LogP contribution in [0.15, 0.2) is 42.5 Å². The van der Waals surface area contributed by atoms with Crippen LogP contribution in [0.2, 0.25) is 10.0 Å². The molecule has 0 spiro atoms. The molecule has 3 aromatic rings. The Balaban J connectivity index is 1.52. The van der Waals surface area contributed by atoms with Crippen LogP contribution in [-0.4, -0.2) is 51.8 Å². The molecule has 1 unspecified atom stereocenters. The van der Waals surface area contributed by atoms with Crippen LogP contribution in [0, 0.1) is 0 Å². The molecule has 2 aromatic carbocycles. The number of carbonyl (C=O) groups excluding carboxylic acids is 2. The summed E-state index contributed by atoms with van der Waals surface area (Å²) in [6, 6.07) is 11.9. The van der Waals surface area contributed by atoms with E-state index in [4.69, 9.17) is 32.7 Å². The van der Waals surface area contributed by atoms with Crippen molar-refractivity contribution in [3.63, 3.8) is 0 Å². The fourth-order valence-electron chi connectivity index (χ4n) is 3.24. The van der Waals surface area contributed by atoms with Gasteiger partial charge in [-0.25, -0.2) is 9.48 Å². The Morgan fingerprint density at radius 2 is 1.82 bits per heavy atom. The zero-order chi connectivity index (χ0) is 24.5. The van der Waals surface area contributed by atoms with Crippen LogP contribution in [0.1, 0.15) is 30.3 Å². The van der Waals surface area contributed by atoms with Crippen molar-refractivity contribution in [1.29, 1.82) is 0 Å². The minimum absolute atomic E-state index is 0.116. The van der Waals surface area contributed by atoms with Gasteiger partial charge in [-0.3, -0.25) is 4.79 Å². The predicted octanol–water partition coefficient (Wildman–Crippen LogP) is 3.90. The molecule has 9 nitrogen and oxygen atoms in total. The number of ketones is 1. The number of amides is 1. The maximum absolute atomic E-state index is 12.8. The summed E-state index contributed by atoms with van der Waals surface area (Å²) >= 11 is 12.5. The predicted molar refractivity (Wildman–Crippen MR) is 127 cm³/mol. The van der Waals surface area contributed by atoms with E-state index in [0.717, 1.165) is 11.3 Å². The van der Waals surface area contributed by atoms with E-state index >= 15 is 0 Å². The van der Waals surface area contributed by atoms with Gasteiger partial charge in [-0.1, -0.05) is 48.3 Å². The number of hydrogen-bond acceptors (Lipinski definition) is 7. The Labute approximate surface area is 207 Å². The Morgan fingerprint density at radius 1 is 1.12 bits per heavy atom. The molecule has 0 saturated carbocycles. The number of nitrogens with one attached hydrogen (secondary N) is 1. The van der Waals surface area contributed by atoms with Crippen LogP contribution in [0.4, 0.5) is 4.79 Å². The topological polar surface area (TPSA) is 108 Å². The number of hydrogen-bond donors (Lipinski definition) is 1. The third kappa shape index (κ3) is 6.91. The molecule has 0 aliphatic carbocycles. The maximum atomic E-state index is 12.8. The zero-order valence-corrected chi connectivity index (χ0v) is 20.3. The van der Waals surface area contributed by atoms with Crippen LogP contribution >= 0.6 is 23.2 Å². The molecule has 0 radical (unpaired) electrons. The van der Waals surface area contributed by atoms with Crippen molar-refractivity contribution in [2.45, 2.75) is 38.8 Å². The van der Waals surface area contributed by atoms with Gasteiger partial charge in [0.1, 0.15) is 12.3 Å². The van der Waals surface area contributed by atoms with E-state index in [9.17, 15) is 9.59 Å². The fraction of sp³-hybridized carbons (Fsp3) is 0.348. The highest BCUT2D eigenvalue weighted by Crippen LogP contribution is 2.26. The summed E-state index contributed by atoms with van der Waals surface area (Å²) < 4.78 is 11.7. The van der Waals surface area contributed by atoms with Gasteiger partial charge < -0.3 is 14.8 Å². The first-order valence-electron chi connectivity index (χ1n) is 10.7. The van der Waals surface area contributed by atoms with E-state index in [1.165, 1.54) is 4.68 Å². The highest BCUT2D eigenvalue weighted by Gasteiger charge is 2.22. The average molecular weight is 506 g/mol. The normalized spacial score (nSPS) is 11.6. The molecule has 1 amide bonds. The van der Waals surface area contributed by atoms with Crippen molar-refractivity contribution in [2.24, 2.45) is 0 Å². The van der Waals surface area contributed by atoms with E-state index in [1.54, 1.807) is 32.2 Å². The van der Waals surface area contributed by atoms with Crippen LogP contribution in [0.3, 0.4) is 0 Å². The highest BCUT2D eigenvalue weighted by molar-refractivity contribution is 6.36. The molecule has 180 valence electrons. The summed E-state index contributed by atoms with van der Waals surface area (Å²) in [7, 11) is 1.60. The third-order valence-corrected chi connectivity index (χ3v) is 5.89. The Hall–Kier alpha value is -3.17. The Morgan fingerprint density at radius 3 is 2.47 bits per heavy atom. The van der Waals surface area contributed by atoms with Gasteiger partial charge in [0.2, 0.25) is 0 Å². The van der Waals surface area contributed by atoms with Crippen LogP contribution in [-0.2, 0) is 28.9 Å². The molecular formula is C23H25Cl2N5O4. The molecule has 0 aliphatic rings. The first kappa shape index (κ1) is 25.5. The third-order valence-electron chi connectivity index (χ3n) is 5.18. The largest absolute Gasteiger partial charge is 0.497 e. The first-order chi connectivity index (χ1) is 16.4. The molecule has 11 heteroatoms. The molecule has 0 bridgehead atoms. The molecule has 1 atom stereocenters. The van der Waals surface area contributed by atoms with Gasteiger partial charge in [0.05, 0.1) is 19.8 Å². The summed E-state index contributed by atoms with van der Waals surface area (Å²) in [4.78, 5) is 25.0. The molecule has 3 rings (SSSR count).